The maximum atomic E-state index is 12.4. The quantitative estimate of drug-likeness (QED) is 0.470. The summed E-state index contributed by atoms with van der Waals surface area (Å²) < 4.78 is 24.7. The third-order valence-electron chi connectivity index (χ3n) is 5.24. The average molecular weight is 441 g/mol. The van der Waals surface area contributed by atoms with E-state index in [0.717, 1.165) is 16.7 Å². The molecule has 7 nitrogen and oxygen atoms in total. The molecular weight excluding hydrogens is 412 g/mol. The highest BCUT2D eigenvalue weighted by atomic mass is 32.2. The summed E-state index contributed by atoms with van der Waals surface area (Å²) >= 11 is 0. The zero-order valence-corrected chi connectivity index (χ0v) is 18.6. The first-order valence-corrected chi connectivity index (χ1v) is 11.5. The molecule has 0 aliphatic heterocycles. The first-order chi connectivity index (χ1) is 14.6. The molecule has 0 bridgehead atoms. The molecule has 31 heavy (non-hydrogen) atoms. The number of rotatable bonds is 5. The Morgan fingerprint density at radius 1 is 1.06 bits per heavy atom. The number of aromatic amines is 1. The molecule has 0 fully saturated rings. The highest BCUT2D eigenvalue weighted by Crippen LogP contribution is 2.31. The first-order valence-electron chi connectivity index (χ1n) is 9.94. The number of nitrogens with one attached hydrogen (secondary N) is 1. The molecular formula is C23H28N4O3S. The highest BCUT2D eigenvalue weighted by Gasteiger charge is 2.20. The Labute approximate surface area is 184 Å². The van der Waals surface area contributed by atoms with E-state index in [2.05, 4.69) is 15.0 Å². The van der Waals surface area contributed by atoms with Crippen molar-refractivity contribution < 1.29 is 16.4 Å². The molecule has 0 spiro atoms. The van der Waals surface area contributed by atoms with Crippen molar-refractivity contribution in [3.63, 3.8) is 0 Å². The summed E-state index contributed by atoms with van der Waals surface area (Å²) in [5, 5.41) is 9.83. The molecule has 0 saturated heterocycles. The van der Waals surface area contributed by atoms with Crippen LogP contribution in [0.15, 0.2) is 60.0 Å². The van der Waals surface area contributed by atoms with Gasteiger partial charge in [-0.05, 0) is 45.9 Å². The second-order valence-electron chi connectivity index (χ2n) is 8.29. The van der Waals surface area contributed by atoms with Crippen molar-refractivity contribution >= 4 is 21.0 Å². The van der Waals surface area contributed by atoms with E-state index in [-0.39, 0.29) is 7.75 Å². The minimum Gasteiger partial charge on any atom is -0.386 e. The lowest BCUT2D eigenvalue weighted by atomic mass is 9.97. The van der Waals surface area contributed by atoms with E-state index in [1.54, 1.807) is 70.6 Å². The molecule has 0 aliphatic carbocycles. The number of hydrogen-bond donors (Lipinski definition) is 2. The summed E-state index contributed by atoms with van der Waals surface area (Å²) in [5.41, 5.74) is 4.03. The average Bonchev–Trinajstić information content (AvgIpc) is 3.16. The molecule has 0 radical (unpaired) electrons. The van der Waals surface area contributed by atoms with Crippen LogP contribution in [0.25, 0.3) is 33.5 Å². The summed E-state index contributed by atoms with van der Waals surface area (Å²) in [7, 11) is -3.33. The van der Waals surface area contributed by atoms with Crippen molar-refractivity contribution in [2.75, 3.05) is 0 Å². The number of H-pyrrole nitrogens is 1. The Bertz CT molecular complexity index is 1360. The van der Waals surface area contributed by atoms with Crippen LogP contribution in [0.4, 0.5) is 0 Å². The molecule has 4 aromatic rings. The lowest BCUT2D eigenvalue weighted by Gasteiger charge is -2.17. The van der Waals surface area contributed by atoms with Gasteiger partial charge in [-0.1, -0.05) is 12.1 Å². The first kappa shape index (κ1) is 21.1. The Kier molecular flexibility index (Phi) is 5.15. The van der Waals surface area contributed by atoms with Crippen LogP contribution in [0.1, 0.15) is 36.1 Å². The largest absolute Gasteiger partial charge is 0.386 e. The van der Waals surface area contributed by atoms with Crippen molar-refractivity contribution in [2.24, 2.45) is 0 Å². The van der Waals surface area contributed by atoms with Gasteiger partial charge < -0.3 is 10.1 Å². The smallest absolute Gasteiger partial charge is 0.180 e. The van der Waals surface area contributed by atoms with Crippen molar-refractivity contribution in [3.05, 3.63) is 60.7 Å². The molecule has 3 heterocycles. The predicted molar refractivity (Wildman–Crippen MR) is 124 cm³/mol. The second kappa shape index (κ2) is 7.55. The fourth-order valence-corrected chi connectivity index (χ4v) is 4.32. The van der Waals surface area contributed by atoms with Gasteiger partial charge in [-0.15, -0.1) is 0 Å². The third-order valence-corrected chi connectivity index (χ3v) is 7.41. The van der Waals surface area contributed by atoms with Crippen molar-refractivity contribution in [3.8, 4) is 22.4 Å². The SMILES string of the molecule is CC(C)S(=O)(=O)c1ccc(-c2cnc3[nH]cc(-c4cncc(C(C)(C)O)c4)c3n2)cc1.[HH].[HH]. The van der Waals surface area contributed by atoms with Crippen molar-refractivity contribution in [1.29, 1.82) is 0 Å². The van der Waals surface area contributed by atoms with E-state index in [1.165, 1.54) is 0 Å². The molecule has 164 valence electrons. The summed E-state index contributed by atoms with van der Waals surface area (Å²) in [6, 6.07) is 8.58. The Balaban J connectivity index is 0.00000193. The summed E-state index contributed by atoms with van der Waals surface area (Å²) in [6.07, 6.45) is 6.83. The number of nitrogens with zero attached hydrogens (tertiary/aromatic N) is 3. The molecule has 2 N–H and O–H groups in total. The maximum Gasteiger partial charge on any atom is 0.180 e. The Hall–Kier alpha value is -3.10. The van der Waals surface area contributed by atoms with Gasteiger partial charge in [-0.3, -0.25) is 4.98 Å². The number of sulfone groups is 1. The molecule has 8 heteroatoms. The Morgan fingerprint density at radius 3 is 2.42 bits per heavy atom. The predicted octanol–water partition coefficient (Wildman–Crippen LogP) is 4.59. The van der Waals surface area contributed by atoms with Gasteiger partial charge in [0, 0.05) is 43.7 Å². The van der Waals surface area contributed by atoms with E-state index in [1.807, 2.05) is 12.3 Å². The fourth-order valence-electron chi connectivity index (χ4n) is 3.26. The van der Waals surface area contributed by atoms with E-state index in [0.29, 0.717) is 22.4 Å². The fraction of sp³-hybridized carbons (Fsp3) is 0.261. The van der Waals surface area contributed by atoms with Crippen LogP contribution in [0.2, 0.25) is 0 Å². The lowest BCUT2D eigenvalue weighted by molar-refractivity contribution is 0.0783. The van der Waals surface area contributed by atoms with E-state index < -0.39 is 20.7 Å². The molecule has 0 amide bonds. The Morgan fingerprint density at radius 2 is 1.77 bits per heavy atom. The number of pyridine rings is 1. The van der Waals surface area contributed by atoms with Gasteiger partial charge in [0.2, 0.25) is 0 Å². The van der Waals surface area contributed by atoms with Crippen LogP contribution >= 0.6 is 0 Å². The van der Waals surface area contributed by atoms with Crippen LogP contribution in [0.5, 0.6) is 0 Å². The number of fused-ring (bicyclic) bond motifs is 1. The van der Waals surface area contributed by atoms with Gasteiger partial charge in [-0.2, -0.15) is 0 Å². The minimum atomic E-state index is -3.33. The molecule has 1 aromatic carbocycles. The van der Waals surface area contributed by atoms with Gasteiger partial charge in [0.1, 0.15) is 5.52 Å². The van der Waals surface area contributed by atoms with Crippen LogP contribution in [-0.4, -0.2) is 38.7 Å². The van der Waals surface area contributed by atoms with Crippen molar-refractivity contribution in [1.82, 2.24) is 19.9 Å². The minimum absolute atomic E-state index is 0. The summed E-state index contributed by atoms with van der Waals surface area (Å²) in [4.78, 5) is 16.9. The van der Waals surface area contributed by atoms with Crippen LogP contribution in [0.3, 0.4) is 0 Å². The van der Waals surface area contributed by atoms with Gasteiger partial charge in [-0.25, -0.2) is 18.4 Å². The van der Waals surface area contributed by atoms with Gasteiger partial charge in [0.15, 0.2) is 15.5 Å². The normalized spacial score (nSPS) is 12.6. The van der Waals surface area contributed by atoms with Crippen LogP contribution < -0.4 is 0 Å². The second-order valence-corrected chi connectivity index (χ2v) is 10.8. The van der Waals surface area contributed by atoms with Gasteiger partial charge in [0.25, 0.3) is 0 Å². The molecule has 4 rings (SSSR count). The van der Waals surface area contributed by atoms with E-state index in [9.17, 15) is 13.5 Å². The molecule has 0 unspecified atom stereocenters. The maximum absolute atomic E-state index is 12.4. The number of aliphatic hydroxyl groups is 1. The number of hydrogen-bond acceptors (Lipinski definition) is 6. The van der Waals surface area contributed by atoms with Crippen LogP contribution in [0, 0.1) is 0 Å². The highest BCUT2D eigenvalue weighted by molar-refractivity contribution is 7.92. The molecule has 3 aromatic heterocycles. The summed E-state index contributed by atoms with van der Waals surface area (Å²) in [6.45, 7) is 6.75. The number of aromatic nitrogens is 4. The summed E-state index contributed by atoms with van der Waals surface area (Å²) in [5.74, 6) is 0. The molecule has 0 atom stereocenters. The molecule has 0 saturated carbocycles. The topological polar surface area (TPSA) is 109 Å². The van der Waals surface area contributed by atoms with Crippen LogP contribution in [-0.2, 0) is 15.4 Å². The third kappa shape index (κ3) is 3.96. The van der Waals surface area contributed by atoms with Gasteiger partial charge >= 0.3 is 0 Å². The molecule has 0 aliphatic rings. The van der Waals surface area contributed by atoms with Gasteiger partial charge in [0.05, 0.1) is 27.6 Å². The number of benzene rings is 1. The zero-order valence-electron chi connectivity index (χ0n) is 17.8. The van der Waals surface area contributed by atoms with E-state index >= 15 is 0 Å². The monoisotopic (exact) mass is 440 g/mol. The lowest BCUT2D eigenvalue weighted by Crippen LogP contribution is -2.15. The zero-order chi connectivity index (χ0) is 22.4. The standard InChI is InChI=1S/C23H24N4O3S.2H2/c1-14(2)31(29,30)18-7-5-15(6-8-18)20-13-26-22-21(27-20)19(12-25-22)16-9-17(11-24-10-16)23(3,4)28;;/h5-14,28H,1-4H3,(H,25,26);2*1H. The van der Waals surface area contributed by atoms with E-state index in [4.69, 9.17) is 4.98 Å². The van der Waals surface area contributed by atoms with Crippen molar-refractivity contribution in [2.45, 2.75) is 43.4 Å².